The molecule has 0 aliphatic heterocycles. The SMILES string of the molecule is C=CC.C=CC.CCOCC.COC(C)=O.COC(C)COC(C)CO.OCCO. The van der Waals surface area contributed by atoms with E-state index in [1.165, 1.54) is 14.0 Å². The first kappa shape index (κ1) is 42.7. The highest BCUT2D eigenvalue weighted by Crippen LogP contribution is 1.93. The quantitative estimate of drug-likeness (QED) is 0.388. The van der Waals surface area contributed by atoms with E-state index in [1.54, 1.807) is 19.3 Å². The smallest absolute Gasteiger partial charge is 0.302 e. The van der Waals surface area contributed by atoms with E-state index in [0.29, 0.717) is 6.61 Å². The zero-order chi connectivity index (χ0) is 25.2. The van der Waals surface area contributed by atoms with Crippen LogP contribution in [-0.2, 0) is 23.7 Å². The number of aliphatic hydroxyl groups excluding tert-OH is 3. The molecule has 0 aliphatic rings. The summed E-state index contributed by atoms with van der Waals surface area (Å²) in [4.78, 5) is 9.59. The van der Waals surface area contributed by atoms with Crippen LogP contribution in [0.1, 0.15) is 48.5 Å². The van der Waals surface area contributed by atoms with Crippen LogP contribution < -0.4 is 0 Å². The summed E-state index contributed by atoms with van der Waals surface area (Å²) < 4.78 is 19.1. The minimum Gasteiger partial charge on any atom is -0.469 e. The standard InChI is InChI=1S/C7H16O3.C4H10O.C3H6O2.2C3H6.C2H6O2/c1-6(4-8)10-5-7(2)9-3;1-3-5-4-2;1-3(4)5-2;2*1-3-2;3-1-2-4/h6-8H,4-5H2,1-3H3;3-4H2,1-2H3;1-2H3;2*3H,1H2,2H3;3-4H,1-2H2. The number of carbonyl (C=O) groups is 1. The largest absolute Gasteiger partial charge is 0.469 e. The highest BCUT2D eigenvalue weighted by atomic mass is 16.5. The Morgan fingerprint density at radius 2 is 1.27 bits per heavy atom. The Labute approximate surface area is 185 Å². The number of allylic oxidation sites excluding steroid dienone is 2. The van der Waals surface area contributed by atoms with Crippen molar-refractivity contribution in [2.24, 2.45) is 0 Å². The summed E-state index contributed by atoms with van der Waals surface area (Å²) >= 11 is 0. The molecule has 0 saturated carbocycles. The van der Waals surface area contributed by atoms with Crippen molar-refractivity contribution in [2.75, 3.05) is 53.9 Å². The summed E-state index contributed by atoms with van der Waals surface area (Å²) in [7, 11) is 2.99. The molecule has 0 aromatic carbocycles. The van der Waals surface area contributed by atoms with Gasteiger partial charge in [-0.25, -0.2) is 0 Å². The van der Waals surface area contributed by atoms with Crippen LogP contribution in [0.2, 0.25) is 0 Å². The van der Waals surface area contributed by atoms with Gasteiger partial charge < -0.3 is 34.3 Å². The van der Waals surface area contributed by atoms with Crippen LogP contribution in [0.3, 0.4) is 0 Å². The van der Waals surface area contributed by atoms with Gasteiger partial charge in [-0.3, -0.25) is 4.79 Å². The first-order chi connectivity index (χ1) is 14.1. The maximum absolute atomic E-state index is 9.59. The van der Waals surface area contributed by atoms with Crippen LogP contribution in [0.25, 0.3) is 0 Å². The van der Waals surface area contributed by atoms with E-state index in [4.69, 9.17) is 29.5 Å². The van der Waals surface area contributed by atoms with E-state index in [0.717, 1.165) is 13.2 Å². The van der Waals surface area contributed by atoms with Crippen LogP contribution in [-0.4, -0.2) is 87.4 Å². The number of esters is 1. The topological polar surface area (TPSA) is 115 Å². The number of carbonyl (C=O) groups excluding carboxylic acids is 1. The maximum Gasteiger partial charge on any atom is 0.302 e. The van der Waals surface area contributed by atoms with E-state index in [2.05, 4.69) is 17.9 Å². The Morgan fingerprint density at radius 3 is 1.40 bits per heavy atom. The van der Waals surface area contributed by atoms with Crippen LogP contribution in [0.5, 0.6) is 0 Å². The molecule has 0 aliphatic carbocycles. The zero-order valence-electron chi connectivity index (χ0n) is 20.8. The summed E-state index contributed by atoms with van der Waals surface area (Å²) in [5, 5.41) is 23.8. The third-order valence-electron chi connectivity index (χ3n) is 2.07. The molecule has 0 bridgehead atoms. The number of hydrogen-bond acceptors (Lipinski definition) is 8. The molecule has 30 heavy (non-hydrogen) atoms. The van der Waals surface area contributed by atoms with Crippen molar-refractivity contribution < 1.29 is 39.1 Å². The first-order valence-corrected chi connectivity index (χ1v) is 9.87. The van der Waals surface area contributed by atoms with Crippen molar-refractivity contribution in [1.29, 1.82) is 0 Å². The number of hydrogen-bond donors (Lipinski definition) is 3. The molecule has 3 N–H and O–H groups in total. The third-order valence-corrected chi connectivity index (χ3v) is 2.07. The molecule has 0 saturated heterocycles. The average Bonchev–Trinajstić information content (AvgIpc) is 2.74. The van der Waals surface area contributed by atoms with Gasteiger partial charge in [0.2, 0.25) is 0 Å². The average molecular weight is 443 g/mol. The Hall–Kier alpha value is -1.29. The number of rotatable bonds is 8. The van der Waals surface area contributed by atoms with Gasteiger partial charge in [0.15, 0.2) is 0 Å². The van der Waals surface area contributed by atoms with Crippen molar-refractivity contribution in [3.05, 3.63) is 25.3 Å². The fraction of sp³-hybridized carbons (Fsp3) is 0.773. The molecular weight excluding hydrogens is 392 g/mol. The van der Waals surface area contributed by atoms with Gasteiger partial charge >= 0.3 is 5.97 Å². The molecule has 0 aromatic heterocycles. The van der Waals surface area contributed by atoms with E-state index in [9.17, 15) is 4.79 Å². The van der Waals surface area contributed by atoms with E-state index in [1.807, 2.05) is 41.5 Å². The van der Waals surface area contributed by atoms with E-state index >= 15 is 0 Å². The first-order valence-electron chi connectivity index (χ1n) is 9.87. The van der Waals surface area contributed by atoms with Gasteiger partial charge in [0.1, 0.15) is 0 Å². The Balaban J connectivity index is -0.0000000620. The molecule has 8 heteroatoms. The van der Waals surface area contributed by atoms with Crippen molar-refractivity contribution in [1.82, 2.24) is 0 Å². The van der Waals surface area contributed by atoms with Gasteiger partial charge in [0.05, 0.1) is 45.7 Å². The predicted octanol–water partition coefficient (Wildman–Crippen LogP) is 3.00. The second-order valence-electron chi connectivity index (χ2n) is 5.11. The molecule has 0 fully saturated rings. The summed E-state index contributed by atoms with van der Waals surface area (Å²) in [5.74, 6) is -0.245. The van der Waals surface area contributed by atoms with Crippen LogP contribution in [0.15, 0.2) is 25.3 Å². The predicted molar refractivity (Wildman–Crippen MR) is 125 cm³/mol. The molecular formula is C22H50O8. The lowest BCUT2D eigenvalue weighted by molar-refractivity contribution is -0.137. The number of ether oxygens (including phenoxy) is 4. The normalized spacial score (nSPS) is 10.0. The fourth-order valence-electron chi connectivity index (χ4n) is 0.625. The van der Waals surface area contributed by atoms with Crippen molar-refractivity contribution in [3.8, 4) is 0 Å². The van der Waals surface area contributed by atoms with Gasteiger partial charge in [0, 0.05) is 27.2 Å². The van der Waals surface area contributed by atoms with Crippen LogP contribution >= 0.6 is 0 Å². The molecule has 0 heterocycles. The van der Waals surface area contributed by atoms with E-state index < -0.39 is 0 Å². The summed E-state index contributed by atoms with van der Waals surface area (Å²) in [6.45, 7) is 21.6. The zero-order valence-corrected chi connectivity index (χ0v) is 20.8. The Kier molecular flexibility index (Phi) is 72.5. The fourth-order valence-corrected chi connectivity index (χ4v) is 0.625. The van der Waals surface area contributed by atoms with Gasteiger partial charge in [-0.1, -0.05) is 12.2 Å². The number of methoxy groups -OCH3 is 2. The molecule has 0 aromatic rings. The second-order valence-corrected chi connectivity index (χ2v) is 5.11. The molecule has 186 valence electrons. The van der Waals surface area contributed by atoms with Crippen molar-refractivity contribution >= 4 is 5.97 Å². The highest BCUT2D eigenvalue weighted by molar-refractivity contribution is 5.65. The summed E-state index contributed by atoms with van der Waals surface area (Å²) in [6.07, 6.45) is 3.52. The molecule has 0 radical (unpaired) electrons. The van der Waals surface area contributed by atoms with Gasteiger partial charge in [-0.2, -0.15) is 0 Å². The van der Waals surface area contributed by atoms with Gasteiger partial charge in [0.25, 0.3) is 0 Å². The van der Waals surface area contributed by atoms with Crippen molar-refractivity contribution in [3.63, 3.8) is 0 Å². The lowest BCUT2D eigenvalue weighted by atomic mass is 10.4. The molecule has 0 amide bonds. The van der Waals surface area contributed by atoms with Gasteiger partial charge in [-0.05, 0) is 41.5 Å². The lowest BCUT2D eigenvalue weighted by Gasteiger charge is -2.13. The molecule has 0 rings (SSSR count). The Bertz CT molecular complexity index is 266. The molecule has 2 atom stereocenters. The van der Waals surface area contributed by atoms with Crippen LogP contribution in [0, 0.1) is 0 Å². The Morgan fingerprint density at radius 1 is 0.933 bits per heavy atom. The minimum atomic E-state index is -0.245. The lowest BCUT2D eigenvalue weighted by Crippen LogP contribution is -2.21. The molecule has 0 spiro atoms. The summed E-state index contributed by atoms with van der Waals surface area (Å²) in [6, 6.07) is 0. The number of aliphatic hydroxyl groups is 3. The third kappa shape index (κ3) is 109. The van der Waals surface area contributed by atoms with Crippen molar-refractivity contribution in [2.45, 2.75) is 60.7 Å². The minimum absolute atomic E-state index is 0.0659. The maximum atomic E-state index is 9.59. The van der Waals surface area contributed by atoms with Crippen LogP contribution in [0.4, 0.5) is 0 Å². The monoisotopic (exact) mass is 442 g/mol. The van der Waals surface area contributed by atoms with E-state index in [-0.39, 0.29) is 38.0 Å². The highest BCUT2D eigenvalue weighted by Gasteiger charge is 2.03. The van der Waals surface area contributed by atoms with Gasteiger partial charge in [-0.15, -0.1) is 13.2 Å². The molecule has 8 nitrogen and oxygen atoms in total. The second kappa shape index (κ2) is 50.9. The molecule has 2 unspecified atom stereocenters. The summed E-state index contributed by atoms with van der Waals surface area (Å²) in [5.41, 5.74) is 0.